The van der Waals surface area contributed by atoms with Gasteiger partial charge in [0.1, 0.15) is 16.4 Å². The Morgan fingerprint density at radius 3 is 2.14 bits per heavy atom. The number of para-hydroxylation sites is 1. The molecule has 3 aromatic carbocycles. The second-order valence-corrected chi connectivity index (χ2v) is 9.90. The second-order valence-electron chi connectivity index (χ2n) is 8.38. The first-order valence-corrected chi connectivity index (χ1v) is 12.5. The molecule has 0 aromatic heterocycles. The first kappa shape index (κ1) is 23.6. The summed E-state index contributed by atoms with van der Waals surface area (Å²) in [4.78, 5) is 33.4. The quantitative estimate of drug-likeness (QED) is 0.430. The zero-order valence-corrected chi connectivity index (χ0v) is 20.4. The van der Waals surface area contributed by atoms with Gasteiger partial charge in [0, 0.05) is 42.6 Å². The summed E-state index contributed by atoms with van der Waals surface area (Å²) in [6.45, 7) is 3.51. The van der Waals surface area contributed by atoms with Crippen molar-refractivity contribution in [2.75, 3.05) is 31.1 Å². The number of benzene rings is 3. The van der Waals surface area contributed by atoms with Crippen LogP contribution in [0.1, 0.15) is 5.56 Å². The summed E-state index contributed by atoms with van der Waals surface area (Å²) in [7, 11) is 0. The molecular weight excluding hydrogens is 485 g/mol. The molecule has 0 N–H and O–H groups in total. The summed E-state index contributed by atoms with van der Waals surface area (Å²) in [6.07, 6.45) is 0. The van der Waals surface area contributed by atoms with Crippen LogP contribution in [0.15, 0.2) is 94.4 Å². The normalized spacial score (nSPS) is 17.0. The van der Waals surface area contributed by atoms with Crippen molar-refractivity contribution in [1.29, 1.82) is 0 Å². The van der Waals surface area contributed by atoms with Gasteiger partial charge in [0.15, 0.2) is 0 Å². The van der Waals surface area contributed by atoms with Crippen molar-refractivity contribution in [3.05, 3.63) is 106 Å². The van der Waals surface area contributed by atoms with Crippen molar-refractivity contribution in [2.45, 2.75) is 11.4 Å². The topological polar surface area (TPSA) is 43.9 Å². The molecule has 2 heterocycles. The van der Waals surface area contributed by atoms with Crippen LogP contribution in [0.4, 0.5) is 10.1 Å². The highest BCUT2D eigenvalue weighted by molar-refractivity contribution is 8.04. The lowest BCUT2D eigenvalue weighted by Gasteiger charge is -2.36. The third-order valence-corrected chi connectivity index (χ3v) is 7.41. The third-order valence-electron chi connectivity index (χ3n) is 6.08. The molecule has 2 aliphatic heterocycles. The predicted octanol–water partition coefficient (Wildman–Crippen LogP) is 5.17. The molecule has 8 heteroatoms. The average molecular weight is 508 g/mol. The summed E-state index contributed by atoms with van der Waals surface area (Å²) in [5.74, 6) is -1.62. The summed E-state index contributed by atoms with van der Waals surface area (Å²) in [5, 5.41) is 0.583. The number of hydrogen-bond acceptors (Lipinski definition) is 5. The Bertz CT molecular complexity index is 1280. The maximum atomic E-state index is 14.6. The smallest absolute Gasteiger partial charge is 0.283 e. The van der Waals surface area contributed by atoms with E-state index in [2.05, 4.69) is 17.0 Å². The summed E-state index contributed by atoms with van der Waals surface area (Å²) in [5.41, 5.74) is 1.53. The maximum Gasteiger partial charge on any atom is 0.283 e. The molecule has 0 aliphatic carbocycles. The molecule has 0 radical (unpaired) electrons. The fourth-order valence-electron chi connectivity index (χ4n) is 4.31. The van der Waals surface area contributed by atoms with Gasteiger partial charge in [0.2, 0.25) is 0 Å². The molecule has 5 nitrogen and oxygen atoms in total. The fourth-order valence-corrected chi connectivity index (χ4v) is 5.44. The minimum atomic E-state index is -0.612. The summed E-state index contributed by atoms with van der Waals surface area (Å²) >= 11 is 7.23. The number of halogens is 2. The van der Waals surface area contributed by atoms with Crippen LogP contribution in [-0.4, -0.2) is 47.8 Å². The van der Waals surface area contributed by atoms with E-state index in [-0.39, 0.29) is 5.69 Å². The molecule has 0 unspecified atom stereocenters. The SMILES string of the molecule is O=C1C(Sc2ccc(Cl)cc2)=C(N2CCN(Cc3ccccc3)CC2)C(=O)N1c1ccccc1F. The molecule has 1 fully saturated rings. The third kappa shape index (κ3) is 4.98. The van der Waals surface area contributed by atoms with E-state index in [1.807, 2.05) is 23.1 Å². The lowest BCUT2D eigenvalue weighted by molar-refractivity contribution is -0.121. The van der Waals surface area contributed by atoms with Crippen LogP contribution in [0.2, 0.25) is 5.02 Å². The van der Waals surface area contributed by atoms with Crippen molar-refractivity contribution in [3.8, 4) is 0 Å². The maximum absolute atomic E-state index is 14.6. The number of amides is 2. The lowest BCUT2D eigenvalue weighted by Crippen LogP contribution is -2.47. The number of rotatable bonds is 6. The van der Waals surface area contributed by atoms with Crippen molar-refractivity contribution in [2.24, 2.45) is 0 Å². The van der Waals surface area contributed by atoms with Gasteiger partial charge in [-0.15, -0.1) is 0 Å². The van der Waals surface area contributed by atoms with Gasteiger partial charge >= 0.3 is 0 Å². The van der Waals surface area contributed by atoms with E-state index in [1.165, 1.54) is 35.5 Å². The zero-order valence-electron chi connectivity index (χ0n) is 18.9. The fraction of sp³-hybridized carbons (Fsp3) is 0.185. The molecule has 35 heavy (non-hydrogen) atoms. The van der Waals surface area contributed by atoms with Crippen LogP contribution in [0.3, 0.4) is 0 Å². The number of thioether (sulfide) groups is 1. The van der Waals surface area contributed by atoms with Gasteiger partial charge in [-0.3, -0.25) is 14.5 Å². The van der Waals surface area contributed by atoms with Crippen LogP contribution in [0.25, 0.3) is 0 Å². The predicted molar refractivity (Wildman–Crippen MR) is 137 cm³/mol. The summed E-state index contributed by atoms with van der Waals surface area (Å²) in [6, 6.07) is 23.2. The molecule has 2 amide bonds. The minimum Gasteiger partial charge on any atom is -0.363 e. The van der Waals surface area contributed by atoms with Crippen LogP contribution in [0, 0.1) is 5.82 Å². The second kappa shape index (κ2) is 10.2. The molecule has 0 saturated carbocycles. The van der Waals surface area contributed by atoms with E-state index in [4.69, 9.17) is 11.6 Å². The van der Waals surface area contributed by atoms with E-state index >= 15 is 0 Å². The van der Waals surface area contributed by atoms with Crippen molar-refractivity contribution in [3.63, 3.8) is 0 Å². The molecule has 5 rings (SSSR count). The Morgan fingerprint density at radius 1 is 0.800 bits per heavy atom. The highest BCUT2D eigenvalue weighted by atomic mass is 35.5. The van der Waals surface area contributed by atoms with E-state index in [1.54, 1.807) is 30.3 Å². The Morgan fingerprint density at radius 2 is 1.46 bits per heavy atom. The molecule has 2 aliphatic rings. The molecule has 0 atom stereocenters. The first-order chi connectivity index (χ1) is 17.0. The van der Waals surface area contributed by atoms with Gasteiger partial charge in [-0.2, -0.15) is 0 Å². The number of piperazine rings is 1. The van der Waals surface area contributed by atoms with E-state index in [0.29, 0.717) is 28.7 Å². The number of nitrogens with zero attached hydrogens (tertiary/aromatic N) is 3. The van der Waals surface area contributed by atoms with Gasteiger partial charge in [-0.05, 0) is 42.0 Å². The van der Waals surface area contributed by atoms with Crippen LogP contribution < -0.4 is 4.90 Å². The number of imide groups is 1. The number of carbonyl (C=O) groups excluding carboxylic acids is 2. The Balaban J connectivity index is 1.42. The van der Waals surface area contributed by atoms with E-state index in [0.717, 1.165) is 29.4 Å². The zero-order chi connectivity index (χ0) is 24.4. The monoisotopic (exact) mass is 507 g/mol. The Kier molecular flexibility index (Phi) is 6.90. The molecular formula is C27H23ClFN3O2S. The Labute approximate surface area is 212 Å². The van der Waals surface area contributed by atoms with Crippen molar-refractivity contribution < 1.29 is 14.0 Å². The van der Waals surface area contributed by atoms with Gasteiger partial charge in [0.25, 0.3) is 11.8 Å². The van der Waals surface area contributed by atoms with Gasteiger partial charge in [-0.25, -0.2) is 9.29 Å². The van der Waals surface area contributed by atoms with Crippen molar-refractivity contribution in [1.82, 2.24) is 9.80 Å². The average Bonchev–Trinajstić information content (AvgIpc) is 3.11. The molecule has 0 spiro atoms. The van der Waals surface area contributed by atoms with Gasteiger partial charge in [0.05, 0.1) is 5.69 Å². The minimum absolute atomic E-state index is 0.0329. The van der Waals surface area contributed by atoms with Gasteiger partial charge in [-0.1, -0.05) is 65.8 Å². The van der Waals surface area contributed by atoms with E-state index < -0.39 is 17.6 Å². The first-order valence-electron chi connectivity index (χ1n) is 11.3. The van der Waals surface area contributed by atoms with E-state index in [9.17, 15) is 14.0 Å². The van der Waals surface area contributed by atoms with Crippen LogP contribution in [-0.2, 0) is 16.1 Å². The summed E-state index contributed by atoms with van der Waals surface area (Å²) < 4.78 is 14.6. The molecule has 0 bridgehead atoms. The van der Waals surface area contributed by atoms with Crippen LogP contribution in [0.5, 0.6) is 0 Å². The number of hydrogen-bond donors (Lipinski definition) is 0. The Hall–Kier alpha value is -3.13. The van der Waals surface area contributed by atoms with Gasteiger partial charge < -0.3 is 4.90 Å². The highest BCUT2D eigenvalue weighted by Crippen LogP contribution is 2.39. The van der Waals surface area contributed by atoms with Crippen molar-refractivity contribution >= 4 is 40.9 Å². The molecule has 178 valence electrons. The largest absolute Gasteiger partial charge is 0.363 e. The molecule has 1 saturated heterocycles. The highest BCUT2D eigenvalue weighted by Gasteiger charge is 2.43. The number of anilines is 1. The number of carbonyl (C=O) groups is 2. The molecule has 3 aromatic rings. The standard InChI is InChI=1S/C27H23ClFN3O2S/c28-20-10-12-21(13-11-20)35-25-24(26(33)32(27(25)34)23-9-5-4-8-22(23)29)31-16-14-30(15-17-31)18-19-6-2-1-3-7-19/h1-13H,14-18H2. The lowest BCUT2D eigenvalue weighted by atomic mass is 10.2. The van der Waals surface area contributed by atoms with Crippen LogP contribution >= 0.6 is 23.4 Å².